The molecule has 14 heteroatoms. The first-order valence-electron chi connectivity index (χ1n) is 15.9. The molecule has 3 aromatic rings. The molecule has 1 aliphatic rings. The van der Waals surface area contributed by atoms with Gasteiger partial charge in [-0.05, 0) is 61.2 Å². The zero-order valence-electron chi connectivity index (χ0n) is 27.6. The Kier molecular flexibility index (Phi) is 12.7. The van der Waals surface area contributed by atoms with Crippen molar-refractivity contribution in [2.24, 2.45) is 0 Å². The molecule has 4 amide bonds. The number of β-amino-alcohol motifs (C(OH)–C–C–N with tert-alkyl or cyclic N) is 1. The lowest BCUT2D eigenvalue weighted by Gasteiger charge is -2.29. The summed E-state index contributed by atoms with van der Waals surface area (Å²) in [6.45, 7) is 5.77. The summed E-state index contributed by atoms with van der Waals surface area (Å²) in [4.78, 5) is 40.8. The molecule has 1 heterocycles. The molecule has 0 fully saturated rings. The van der Waals surface area contributed by atoms with Gasteiger partial charge in [-0.2, -0.15) is 13.2 Å². The lowest BCUT2D eigenvalue weighted by Crippen LogP contribution is -2.52. The molecule has 2 atom stereocenters. The fourth-order valence-electron chi connectivity index (χ4n) is 5.34. The van der Waals surface area contributed by atoms with Gasteiger partial charge in [-0.1, -0.05) is 48.5 Å². The van der Waals surface area contributed by atoms with Crippen LogP contribution >= 0.6 is 11.8 Å². The van der Waals surface area contributed by atoms with Crippen molar-refractivity contribution in [3.05, 3.63) is 83.4 Å². The topological polar surface area (TPSA) is 143 Å². The van der Waals surface area contributed by atoms with Crippen LogP contribution in [0.3, 0.4) is 0 Å². The fraction of sp³-hybridized carbons (Fsp3) is 0.400. The number of hydrogen-bond acceptors (Lipinski definition) is 7. The van der Waals surface area contributed by atoms with Gasteiger partial charge in [0.05, 0.1) is 30.5 Å². The van der Waals surface area contributed by atoms with Crippen molar-refractivity contribution in [3.8, 4) is 11.1 Å². The number of alkyl halides is 3. The minimum atomic E-state index is -4.58. The van der Waals surface area contributed by atoms with Crippen LogP contribution in [0, 0.1) is 0 Å². The summed E-state index contributed by atoms with van der Waals surface area (Å²) in [5, 5.41) is 30.1. The number of amides is 4. The highest BCUT2D eigenvalue weighted by molar-refractivity contribution is 7.99. The van der Waals surface area contributed by atoms with E-state index in [1.54, 1.807) is 13.8 Å². The SMILES string of the molecule is CCNC(=O)NCc1ccccc1-c1ccc(CN2C(=O)[C@H](NC(=O)CC(C)(C)NC[C@H](O)CO)CSc3cc(C(F)(F)F)ccc32)cc1. The first kappa shape index (κ1) is 37.7. The van der Waals surface area contributed by atoms with Crippen molar-refractivity contribution >= 4 is 35.3 Å². The summed E-state index contributed by atoms with van der Waals surface area (Å²) in [6.07, 6.45) is -5.64. The first-order valence-corrected chi connectivity index (χ1v) is 16.9. The number of rotatable bonds is 13. The van der Waals surface area contributed by atoms with Gasteiger partial charge < -0.3 is 36.4 Å². The number of nitrogens with one attached hydrogen (secondary N) is 4. The average Bonchev–Trinajstić information content (AvgIpc) is 3.18. The van der Waals surface area contributed by atoms with E-state index in [1.165, 1.54) is 11.0 Å². The molecular weight excluding hydrogens is 659 g/mol. The van der Waals surface area contributed by atoms with Gasteiger partial charge in [0.25, 0.3) is 5.91 Å². The van der Waals surface area contributed by atoms with E-state index in [-0.39, 0.29) is 36.2 Å². The first-order chi connectivity index (χ1) is 23.2. The van der Waals surface area contributed by atoms with Crippen molar-refractivity contribution in [1.82, 2.24) is 21.3 Å². The van der Waals surface area contributed by atoms with E-state index in [0.29, 0.717) is 24.3 Å². The zero-order valence-corrected chi connectivity index (χ0v) is 28.4. The molecular formula is C35H42F3N5O5S. The lowest BCUT2D eigenvalue weighted by atomic mass is 9.98. The van der Waals surface area contributed by atoms with Crippen LogP contribution in [0.5, 0.6) is 0 Å². The summed E-state index contributed by atoms with van der Waals surface area (Å²) in [7, 11) is 0. The van der Waals surface area contributed by atoms with Gasteiger partial charge in [-0.3, -0.25) is 9.59 Å². The van der Waals surface area contributed by atoms with Gasteiger partial charge in [0.2, 0.25) is 5.91 Å². The maximum Gasteiger partial charge on any atom is 0.416 e. The summed E-state index contributed by atoms with van der Waals surface area (Å²) in [6, 6.07) is 17.0. The molecule has 0 saturated heterocycles. The van der Waals surface area contributed by atoms with E-state index in [0.717, 1.165) is 40.6 Å². The lowest BCUT2D eigenvalue weighted by molar-refractivity contribution is -0.137. The number of carbonyl (C=O) groups is 3. The minimum Gasteiger partial charge on any atom is -0.394 e. The Morgan fingerprint density at radius 3 is 2.43 bits per heavy atom. The Hall–Kier alpha value is -4.11. The van der Waals surface area contributed by atoms with Crippen LogP contribution in [0.2, 0.25) is 0 Å². The molecule has 0 spiro atoms. The summed E-state index contributed by atoms with van der Waals surface area (Å²) in [5.41, 5.74) is 2.08. The Morgan fingerprint density at radius 1 is 1.04 bits per heavy atom. The number of nitrogens with zero attached hydrogens (tertiary/aromatic N) is 1. The molecule has 6 N–H and O–H groups in total. The zero-order chi connectivity index (χ0) is 35.8. The van der Waals surface area contributed by atoms with Crippen LogP contribution in [-0.2, 0) is 28.9 Å². The largest absolute Gasteiger partial charge is 0.416 e. The van der Waals surface area contributed by atoms with Crippen molar-refractivity contribution < 1.29 is 37.8 Å². The molecule has 4 rings (SSSR count). The summed E-state index contributed by atoms with van der Waals surface area (Å²) in [5.74, 6) is -0.903. The highest BCUT2D eigenvalue weighted by Gasteiger charge is 2.36. The van der Waals surface area contributed by atoms with Crippen LogP contribution < -0.4 is 26.2 Å². The monoisotopic (exact) mass is 701 g/mol. The molecule has 0 bridgehead atoms. The molecule has 10 nitrogen and oxygen atoms in total. The number of aliphatic hydroxyl groups is 2. The second-order valence-corrected chi connectivity index (χ2v) is 13.4. The van der Waals surface area contributed by atoms with Crippen LogP contribution in [0.15, 0.2) is 71.6 Å². The Balaban J connectivity index is 1.57. The maximum absolute atomic E-state index is 14.0. The minimum absolute atomic E-state index is 0.0203. The predicted octanol–water partition coefficient (Wildman–Crippen LogP) is 4.43. The standard InChI is InChI=1S/C35H42F3N5O5S/c1-4-39-33(48)40-17-24-7-5-6-8-27(24)23-11-9-22(10-12-23)19-43-29-14-13-25(35(36,37)38)15-30(29)49-21-28(32(43)47)42-31(46)16-34(2,3)41-18-26(45)20-44/h5-15,26,28,41,44-45H,4,16-21H2,1-3H3,(H,42,46)(H2,39,40,48)/t26-,28+/m0/s1. The molecule has 264 valence electrons. The van der Waals surface area contributed by atoms with E-state index in [2.05, 4.69) is 21.3 Å². The predicted molar refractivity (Wildman–Crippen MR) is 183 cm³/mol. The molecule has 3 aromatic carbocycles. The van der Waals surface area contributed by atoms with Gasteiger partial charge in [-0.15, -0.1) is 11.8 Å². The van der Waals surface area contributed by atoms with E-state index in [4.69, 9.17) is 5.11 Å². The van der Waals surface area contributed by atoms with Crippen LogP contribution in [0.25, 0.3) is 11.1 Å². The van der Waals surface area contributed by atoms with Gasteiger partial charge in [0.1, 0.15) is 6.04 Å². The van der Waals surface area contributed by atoms with Gasteiger partial charge in [0.15, 0.2) is 0 Å². The number of benzene rings is 3. The summed E-state index contributed by atoms with van der Waals surface area (Å²) < 4.78 is 40.9. The quantitative estimate of drug-likeness (QED) is 0.155. The Morgan fingerprint density at radius 2 is 1.76 bits per heavy atom. The van der Waals surface area contributed by atoms with E-state index in [1.807, 2.05) is 55.5 Å². The number of thioether (sulfide) groups is 1. The van der Waals surface area contributed by atoms with Crippen molar-refractivity contribution in [2.75, 3.05) is 30.3 Å². The molecule has 1 aliphatic heterocycles. The number of anilines is 1. The molecule has 0 aliphatic carbocycles. The van der Waals surface area contributed by atoms with Crippen molar-refractivity contribution in [1.29, 1.82) is 0 Å². The number of hydrogen-bond donors (Lipinski definition) is 6. The average molecular weight is 702 g/mol. The Labute approximate surface area is 287 Å². The molecule has 0 aromatic heterocycles. The van der Waals surface area contributed by atoms with E-state index in [9.17, 15) is 32.7 Å². The van der Waals surface area contributed by atoms with Crippen LogP contribution in [0.1, 0.15) is 43.9 Å². The molecule has 0 radical (unpaired) electrons. The number of carbonyl (C=O) groups excluding carboxylic acids is 3. The van der Waals surface area contributed by atoms with Crippen molar-refractivity contribution in [2.45, 2.75) is 69.0 Å². The number of halogens is 3. The van der Waals surface area contributed by atoms with Gasteiger partial charge >= 0.3 is 12.2 Å². The molecule has 0 unspecified atom stereocenters. The third kappa shape index (κ3) is 10.4. The molecule has 0 saturated carbocycles. The fourth-order valence-corrected chi connectivity index (χ4v) is 6.45. The number of aliphatic hydroxyl groups excluding tert-OH is 2. The van der Waals surface area contributed by atoms with Crippen LogP contribution in [0.4, 0.5) is 23.7 Å². The third-order valence-corrected chi connectivity index (χ3v) is 9.05. The van der Waals surface area contributed by atoms with Gasteiger partial charge in [-0.25, -0.2) is 4.79 Å². The normalized spacial score (nSPS) is 15.6. The van der Waals surface area contributed by atoms with E-state index < -0.39 is 47.8 Å². The van der Waals surface area contributed by atoms with Crippen molar-refractivity contribution in [3.63, 3.8) is 0 Å². The second kappa shape index (κ2) is 16.5. The third-order valence-electron chi connectivity index (χ3n) is 7.91. The van der Waals surface area contributed by atoms with E-state index >= 15 is 0 Å². The highest BCUT2D eigenvalue weighted by Crippen LogP contribution is 2.40. The summed E-state index contributed by atoms with van der Waals surface area (Å²) >= 11 is 1.07. The maximum atomic E-state index is 14.0. The van der Waals surface area contributed by atoms with Gasteiger partial charge in [0, 0.05) is 42.2 Å². The Bertz CT molecular complexity index is 1620. The molecule has 49 heavy (non-hydrogen) atoms. The van der Waals surface area contributed by atoms with Crippen LogP contribution in [-0.4, -0.2) is 71.2 Å². The number of urea groups is 1. The smallest absolute Gasteiger partial charge is 0.394 e. The second-order valence-electron chi connectivity index (χ2n) is 12.4. The highest BCUT2D eigenvalue weighted by atomic mass is 32.2. The number of fused-ring (bicyclic) bond motifs is 1.